The van der Waals surface area contributed by atoms with Crippen molar-refractivity contribution in [2.75, 3.05) is 13.1 Å². The quantitative estimate of drug-likeness (QED) is 0.810. The van der Waals surface area contributed by atoms with Crippen LogP contribution in [0.25, 0.3) is 0 Å². The molecule has 0 aromatic carbocycles. The molecule has 0 aliphatic carbocycles. The van der Waals surface area contributed by atoms with Gasteiger partial charge in [-0.15, -0.1) is 0 Å². The van der Waals surface area contributed by atoms with Gasteiger partial charge in [0, 0.05) is 6.54 Å². The van der Waals surface area contributed by atoms with Crippen LogP contribution in [0.2, 0.25) is 0 Å². The van der Waals surface area contributed by atoms with Crippen molar-refractivity contribution < 1.29 is 22.7 Å². The van der Waals surface area contributed by atoms with E-state index in [1.165, 1.54) is 0 Å². The lowest BCUT2D eigenvalue weighted by atomic mass is 10.2. The molecule has 2 N–H and O–H groups in total. The Balaban J connectivity index is 4.02. The van der Waals surface area contributed by atoms with Crippen LogP contribution in [-0.4, -0.2) is 37.0 Å². The van der Waals surface area contributed by atoms with Crippen LogP contribution >= 0.6 is 0 Å². The lowest BCUT2D eigenvalue weighted by Crippen LogP contribution is -2.44. The molecule has 1 amide bonds. The molecule has 0 aliphatic heterocycles. The smallest absolute Gasteiger partial charge is 0.407 e. The number of ether oxygens (including phenoxy) is 1. The minimum absolute atomic E-state index is 0.262. The van der Waals surface area contributed by atoms with E-state index in [0.717, 1.165) is 0 Å². The predicted molar refractivity (Wildman–Crippen MR) is 57.7 cm³/mol. The molecule has 0 bridgehead atoms. The van der Waals surface area contributed by atoms with Gasteiger partial charge in [-0.25, -0.2) is 4.79 Å². The molecule has 104 valence electrons. The molecule has 0 fully saturated rings. The molecule has 0 aliphatic rings. The number of amides is 1. The summed E-state index contributed by atoms with van der Waals surface area (Å²) in [4.78, 5) is 11.2. The van der Waals surface area contributed by atoms with Gasteiger partial charge in [-0.05, 0) is 20.8 Å². The first-order chi connectivity index (χ1) is 8.03. The SMILES string of the molecule is CC(C)(C)OC(=O)NCC(C#N)NCC(F)(F)F. The van der Waals surface area contributed by atoms with Gasteiger partial charge < -0.3 is 10.1 Å². The zero-order chi connectivity index (χ0) is 14.4. The number of halogens is 3. The Kier molecular flexibility index (Phi) is 5.91. The number of rotatable bonds is 4. The van der Waals surface area contributed by atoms with Crippen LogP contribution < -0.4 is 10.6 Å². The summed E-state index contributed by atoms with van der Waals surface area (Å²) in [5.74, 6) is 0. The van der Waals surface area contributed by atoms with Gasteiger partial charge in [-0.2, -0.15) is 18.4 Å². The van der Waals surface area contributed by atoms with Crippen LogP contribution in [0.3, 0.4) is 0 Å². The third-order valence-electron chi connectivity index (χ3n) is 1.55. The first-order valence-electron chi connectivity index (χ1n) is 5.20. The van der Waals surface area contributed by atoms with E-state index in [1.54, 1.807) is 26.8 Å². The molecule has 8 heteroatoms. The molecule has 0 radical (unpaired) electrons. The van der Waals surface area contributed by atoms with Gasteiger partial charge in [0.2, 0.25) is 0 Å². The second kappa shape index (κ2) is 6.44. The van der Waals surface area contributed by atoms with E-state index in [-0.39, 0.29) is 6.54 Å². The Morgan fingerprint density at radius 2 is 1.94 bits per heavy atom. The molecule has 0 saturated carbocycles. The normalized spacial score (nSPS) is 13.6. The molecule has 0 rings (SSSR count). The van der Waals surface area contributed by atoms with E-state index in [4.69, 9.17) is 10.00 Å². The summed E-state index contributed by atoms with van der Waals surface area (Å²) in [5.41, 5.74) is -0.703. The number of nitriles is 1. The molecular formula is C10H16F3N3O2. The van der Waals surface area contributed by atoms with Crippen LogP contribution in [0.4, 0.5) is 18.0 Å². The highest BCUT2D eigenvalue weighted by Gasteiger charge is 2.28. The molecule has 5 nitrogen and oxygen atoms in total. The number of carbonyl (C=O) groups is 1. The number of alkyl halides is 3. The predicted octanol–water partition coefficient (Wildman–Crippen LogP) is 1.56. The summed E-state index contributed by atoms with van der Waals surface area (Å²) in [6, 6.07) is 0.486. The Bertz CT molecular complexity index is 318. The summed E-state index contributed by atoms with van der Waals surface area (Å²) in [6.07, 6.45) is -5.18. The van der Waals surface area contributed by atoms with Gasteiger partial charge in [-0.3, -0.25) is 5.32 Å². The van der Waals surface area contributed by atoms with Gasteiger partial charge >= 0.3 is 12.3 Å². The van der Waals surface area contributed by atoms with E-state index >= 15 is 0 Å². The van der Waals surface area contributed by atoms with Gasteiger partial charge in [0.05, 0.1) is 12.6 Å². The zero-order valence-electron chi connectivity index (χ0n) is 10.4. The van der Waals surface area contributed by atoms with E-state index in [1.807, 2.05) is 5.32 Å². The molecule has 1 unspecified atom stereocenters. The standard InChI is InChI=1S/C10H16F3N3O2/c1-9(2,3)18-8(17)15-5-7(4-14)16-6-10(11,12)13/h7,16H,5-6H2,1-3H3,(H,15,17). The maximum absolute atomic E-state index is 11.9. The molecule has 1 atom stereocenters. The third-order valence-corrected chi connectivity index (χ3v) is 1.55. The fraction of sp³-hybridized carbons (Fsp3) is 0.800. The van der Waals surface area contributed by atoms with Gasteiger partial charge in [0.25, 0.3) is 0 Å². The van der Waals surface area contributed by atoms with Crippen molar-refractivity contribution in [3.05, 3.63) is 0 Å². The molecule has 0 spiro atoms. The number of nitrogens with one attached hydrogen (secondary N) is 2. The highest BCUT2D eigenvalue weighted by Crippen LogP contribution is 2.12. The van der Waals surface area contributed by atoms with E-state index in [2.05, 4.69) is 5.32 Å². The molecule has 18 heavy (non-hydrogen) atoms. The van der Waals surface area contributed by atoms with Crippen LogP contribution in [0, 0.1) is 11.3 Å². The highest BCUT2D eigenvalue weighted by molar-refractivity contribution is 5.67. The molecular weight excluding hydrogens is 251 g/mol. The van der Waals surface area contributed by atoms with Crippen molar-refractivity contribution in [3.8, 4) is 6.07 Å². The maximum Gasteiger partial charge on any atom is 0.407 e. The van der Waals surface area contributed by atoms with Crippen molar-refractivity contribution in [1.29, 1.82) is 5.26 Å². The molecule has 0 aromatic heterocycles. The number of hydrogen-bond acceptors (Lipinski definition) is 4. The Morgan fingerprint density at radius 1 is 1.39 bits per heavy atom. The third kappa shape index (κ3) is 9.72. The lowest BCUT2D eigenvalue weighted by Gasteiger charge is -2.20. The van der Waals surface area contributed by atoms with Crippen molar-refractivity contribution in [2.24, 2.45) is 0 Å². The summed E-state index contributed by atoms with van der Waals surface area (Å²) in [7, 11) is 0. The van der Waals surface area contributed by atoms with Gasteiger partial charge in [-0.1, -0.05) is 0 Å². The Morgan fingerprint density at radius 3 is 2.33 bits per heavy atom. The Labute approximate surface area is 103 Å². The number of carbonyl (C=O) groups excluding carboxylic acids is 1. The molecule has 0 saturated heterocycles. The largest absolute Gasteiger partial charge is 0.444 e. The van der Waals surface area contributed by atoms with Gasteiger partial charge in [0.1, 0.15) is 11.6 Å². The highest BCUT2D eigenvalue weighted by atomic mass is 19.4. The van der Waals surface area contributed by atoms with E-state index < -0.39 is 30.5 Å². The Hall–Kier alpha value is -1.49. The summed E-state index contributed by atoms with van der Waals surface area (Å²) in [5, 5.41) is 12.8. The summed E-state index contributed by atoms with van der Waals surface area (Å²) in [6.45, 7) is 3.39. The average molecular weight is 267 g/mol. The maximum atomic E-state index is 11.9. The first kappa shape index (κ1) is 16.5. The fourth-order valence-corrected chi connectivity index (χ4v) is 0.902. The second-order valence-electron chi connectivity index (χ2n) is 4.56. The number of nitrogens with zero attached hydrogens (tertiary/aromatic N) is 1. The monoisotopic (exact) mass is 267 g/mol. The first-order valence-corrected chi connectivity index (χ1v) is 5.20. The van der Waals surface area contributed by atoms with Crippen molar-refractivity contribution in [1.82, 2.24) is 10.6 Å². The van der Waals surface area contributed by atoms with Crippen LogP contribution in [-0.2, 0) is 4.74 Å². The topological polar surface area (TPSA) is 74.1 Å². The van der Waals surface area contributed by atoms with Crippen molar-refractivity contribution >= 4 is 6.09 Å². The van der Waals surface area contributed by atoms with Crippen molar-refractivity contribution in [3.63, 3.8) is 0 Å². The molecule has 0 heterocycles. The molecule has 0 aromatic rings. The lowest BCUT2D eigenvalue weighted by molar-refractivity contribution is -0.125. The van der Waals surface area contributed by atoms with Crippen LogP contribution in [0.1, 0.15) is 20.8 Å². The summed E-state index contributed by atoms with van der Waals surface area (Å²) >= 11 is 0. The van der Waals surface area contributed by atoms with E-state index in [9.17, 15) is 18.0 Å². The van der Waals surface area contributed by atoms with Gasteiger partial charge in [0.15, 0.2) is 0 Å². The second-order valence-corrected chi connectivity index (χ2v) is 4.56. The van der Waals surface area contributed by atoms with Crippen LogP contribution in [0.15, 0.2) is 0 Å². The van der Waals surface area contributed by atoms with Crippen molar-refractivity contribution in [2.45, 2.75) is 38.6 Å². The van der Waals surface area contributed by atoms with E-state index in [0.29, 0.717) is 0 Å². The number of hydrogen-bond donors (Lipinski definition) is 2. The minimum Gasteiger partial charge on any atom is -0.444 e. The summed E-state index contributed by atoms with van der Waals surface area (Å²) < 4.78 is 40.5. The number of alkyl carbamates (subject to hydrolysis) is 1. The van der Waals surface area contributed by atoms with Crippen LogP contribution in [0.5, 0.6) is 0 Å². The fourth-order valence-electron chi connectivity index (χ4n) is 0.902. The minimum atomic E-state index is -4.40. The average Bonchev–Trinajstić information content (AvgIpc) is 2.13. The zero-order valence-corrected chi connectivity index (χ0v) is 10.4.